The van der Waals surface area contributed by atoms with Crippen LogP contribution >= 0.6 is 11.3 Å². The number of aromatic nitrogens is 1. The number of amides is 3. The number of hydrogen-bond donors (Lipinski definition) is 3. The molecule has 1 aromatic heterocycles. The summed E-state index contributed by atoms with van der Waals surface area (Å²) < 4.78 is 11.0. The van der Waals surface area contributed by atoms with E-state index in [0.29, 0.717) is 30.7 Å². The van der Waals surface area contributed by atoms with Crippen molar-refractivity contribution in [3.05, 3.63) is 52.0 Å². The van der Waals surface area contributed by atoms with Crippen molar-refractivity contribution in [2.24, 2.45) is 23.7 Å². The maximum atomic E-state index is 14.3. The molecule has 0 spiro atoms. The molecule has 13 nitrogen and oxygen atoms in total. The lowest BCUT2D eigenvalue weighted by Crippen LogP contribution is -2.56. The number of ether oxygens (including phenoxy) is 2. The zero-order chi connectivity index (χ0) is 39.0. The number of esters is 2. The molecule has 0 bridgehead atoms. The second-order valence-corrected chi connectivity index (χ2v) is 14.9. The Bertz CT molecular complexity index is 1480. The van der Waals surface area contributed by atoms with Crippen LogP contribution in [0.4, 0.5) is 0 Å². The quantitative estimate of drug-likeness (QED) is 0.109. The number of carboxylic acid groups (broad SMARTS) is 1. The normalized spacial score (nSPS) is 14.6. The second-order valence-electron chi connectivity index (χ2n) is 14.0. The molecule has 0 aliphatic rings. The first-order chi connectivity index (χ1) is 24.5. The first-order valence-corrected chi connectivity index (χ1v) is 18.8. The van der Waals surface area contributed by atoms with Crippen molar-refractivity contribution in [3.8, 4) is 0 Å². The van der Waals surface area contributed by atoms with Crippen molar-refractivity contribution in [2.75, 3.05) is 13.3 Å². The maximum absolute atomic E-state index is 14.3. The lowest BCUT2D eigenvalue weighted by molar-refractivity contribution is -0.160. The Hall–Kier alpha value is -4.33. The Kier molecular flexibility index (Phi) is 18.5. The predicted molar refractivity (Wildman–Crippen MR) is 197 cm³/mol. The van der Waals surface area contributed by atoms with Gasteiger partial charge in [-0.1, -0.05) is 78.3 Å². The van der Waals surface area contributed by atoms with Gasteiger partial charge in [0.15, 0.2) is 6.73 Å². The van der Waals surface area contributed by atoms with Crippen LogP contribution in [0.25, 0.3) is 0 Å². The summed E-state index contributed by atoms with van der Waals surface area (Å²) in [6.07, 6.45) is 2.07. The summed E-state index contributed by atoms with van der Waals surface area (Å²) in [4.78, 5) is 81.9. The van der Waals surface area contributed by atoms with E-state index < -0.39 is 59.7 Å². The molecule has 0 fully saturated rings. The summed E-state index contributed by atoms with van der Waals surface area (Å²) in [6, 6.07) is 7.54. The molecule has 0 saturated heterocycles. The zero-order valence-corrected chi connectivity index (χ0v) is 32.5. The van der Waals surface area contributed by atoms with Gasteiger partial charge in [-0.3, -0.25) is 28.8 Å². The van der Waals surface area contributed by atoms with Crippen LogP contribution in [-0.4, -0.2) is 82.1 Å². The Morgan fingerprint density at radius 2 is 1.62 bits per heavy atom. The van der Waals surface area contributed by atoms with Gasteiger partial charge in [0.2, 0.25) is 11.8 Å². The van der Waals surface area contributed by atoms with Crippen LogP contribution in [0.15, 0.2) is 35.7 Å². The summed E-state index contributed by atoms with van der Waals surface area (Å²) in [5, 5.41) is 17.5. The molecule has 2 rings (SSSR count). The minimum absolute atomic E-state index is 0.0129. The number of hydrogen-bond acceptors (Lipinski definition) is 10. The van der Waals surface area contributed by atoms with Gasteiger partial charge in [-0.2, -0.15) is 0 Å². The average Bonchev–Trinajstić information content (AvgIpc) is 3.56. The van der Waals surface area contributed by atoms with E-state index in [0.717, 1.165) is 5.56 Å². The molecule has 3 N–H and O–H groups in total. The Balaban J connectivity index is 2.38. The maximum Gasteiger partial charge on any atom is 0.307 e. The third-order valence-electron chi connectivity index (χ3n) is 8.83. The highest BCUT2D eigenvalue weighted by atomic mass is 32.1. The van der Waals surface area contributed by atoms with E-state index in [-0.39, 0.29) is 49.6 Å². The SMILES string of the molecule is CCC(C)C(NC(C)=O)C(=O)N(COC(=O)CC(C)C)C(CCc1nc(C(=O)NC(Cc2ccccc2)CC(C)C(=O)O)cs1)C(C)COC(C)=O. The summed E-state index contributed by atoms with van der Waals surface area (Å²) in [6.45, 7) is 13.2. The van der Waals surface area contributed by atoms with Gasteiger partial charge in [0.25, 0.3) is 5.91 Å². The van der Waals surface area contributed by atoms with Crippen molar-refractivity contribution in [2.45, 2.75) is 112 Å². The number of benzene rings is 1. The summed E-state index contributed by atoms with van der Waals surface area (Å²) >= 11 is 1.27. The minimum atomic E-state index is -0.949. The van der Waals surface area contributed by atoms with Crippen LogP contribution in [0.2, 0.25) is 0 Å². The first kappa shape index (κ1) is 43.8. The zero-order valence-electron chi connectivity index (χ0n) is 31.7. The van der Waals surface area contributed by atoms with Crippen molar-refractivity contribution < 1.29 is 43.3 Å². The monoisotopic (exact) mass is 744 g/mol. The molecule has 0 radical (unpaired) electrons. The van der Waals surface area contributed by atoms with Gasteiger partial charge in [0, 0.05) is 50.1 Å². The predicted octanol–water partition coefficient (Wildman–Crippen LogP) is 5.02. The van der Waals surface area contributed by atoms with Crippen LogP contribution in [0, 0.1) is 23.7 Å². The van der Waals surface area contributed by atoms with E-state index in [9.17, 15) is 33.9 Å². The van der Waals surface area contributed by atoms with Crippen molar-refractivity contribution in [1.82, 2.24) is 20.5 Å². The standard InChI is InChI=1S/C38H56N4O9S/c1-9-24(4)35(39-27(7)43)37(47)42(22-51-34(45)17-23(2)3)32(26(6)20-50-28(8)44)15-16-33-41-31(21-52-33)36(46)40-30(18-25(5)38(48)49)19-29-13-11-10-12-14-29/h10-14,21,23-26,30,32,35H,9,15-20,22H2,1-8H3,(H,39,43)(H,40,46)(H,48,49). The molecule has 2 aromatic rings. The summed E-state index contributed by atoms with van der Waals surface area (Å²) in [5.74, 6) is -4.43. The largest absolute Gasteiger partial charge is 0.481 e. The molecule has 0 saturated carbocycles. The number of nitrogens with zero attached hydrogens (tertiary/aromatic N) is 2. The van der Waals surface area contributed by atoms with E-state index in [1.165, 1.54) is 30.1 Å². The third-order valence-corrected chi connectivity index (χ3v) is 9.73. The number of thiazole rings is 1. The van der Waals surface area contributed by atoms with Crippen LogP contribution in [0.5, 0.6) is 0 Å². The Labute approximate surface area is 311 Å². The second kappa shape index (κ2) is 21.9. The van der Waals surface area contributed by atoms with Crippen molar-refractivity contribution >= 4 is 47.0 Å². The van der Waals surface area contributed by atoms with Crippen LogP contribution in [0.1, 0.15) is 102 Å². The fraction of sp³-hybridized carbons (Fsp3) is 0.605. The van der Waals surface area contributed by atoms with Gasteiger partial charge >= 0.3 is 17.9 Å². The molecule has 6 atom stereocenters. The summed E-state index contributed by atoms with van der Waals surface area (Å²) in [5.41, 5.74) is 1.14. The molecule has 0 aliphatic carbocycles. The number of nitrogens with one attached hydrogen (secondary N) is 2. The number of rotatable bonds is 22. The summed E-state index contributed by atoms with van der Waals surface area (Å²) in [7, 11) is 0. The Morgan fingerprint density at radius 1 is 0.942 bits per heavy atom. The highest BCUT2D eigenvalue weighted by Crippen LogP contribution is 2.24. The fourth-order valence-corrected chi connectivity index (χ4v) is 6.52. The number of carboxylic acids is 1. The van der Waals surface area contributed by atoms with Gasteiger partial charge in [0.1, 0.15) is 11.7 Å². The molecule has 52 heavy (non-hydrogen) atoms. The molecule has 1 heterocycles. The lowest BCUT2D eigenvalue weighted by Gasteiger charge is -2.38. The molecular weight excluding hydrogens is 689 g/mol. The third kappa shape index (κ3) is 15.1. The number of aliphatic carboxylic acids is 1. The molecule has 0 aliphatic heterocycles. The van der Waals surface area contributed by atoms with Crippen molar-refractivity contribution in [1.29, 1.82) is 0 Å². The fourth-order valence-electron chi connectivity index (χ4n) is 5.72. The number of carbonyl (C=O) groups excluding carboxylic acids is 5. The number of carbonyl (C=O) groups is 6. The lowest BCUT2D eigenvalue weighted by atomic mass is 9.93. The molecule has 3 amide bonds. The van der Waals surface area contributed by atoms with Gasteiger partial charge in [-0.25, -0.2) is 4.98 Å². The first-order valence-electron chi connectivity index (χ1n) is 17.9. The van der Waals surface area contributed by atoms with Crippen LogP contribution < -0.4 is 10.6 Å². The smallest absolute Gasteiger partial charge is 0.307 e. The molecular formula is C38H56N4O9S. The average molecular weight is 745 g/mol. The number of aryl methyl sites for hydroxylation is 1. The topological polar surface area (TPSA) is 181 Å². The Morgan fingerprint density at radius 3 is 2.19 bits per heavy atom. The van der Waals surface area contributed by atoms with Crippen LogP contribution in [-0.2, 0) is 46.3 Å². The van der Waals surface area contributed by atoms with Gasteiger partial charge in [-0.05, 0) is 36.7 Å². The highest BCUT2D eigenvalue weighted by molar-refractivity contribution is 7.09. The van der Waals surface area contributed by atoms with Gasteiger partial charge in [0.05, 0.1) is 17.5 Å². The van der Waals surface area contributed by atoms with E-state index in [2.05, 4.69) is 15.6 Å². The minimum Gasteiger partial charge on any atom is -0.481 e. The van der Waals surface area contributed by atoms with Crippen molar-refractivity contribution in [3.63, 3.8) is 0 Å². The molecule has 288 valence electrons. The van der Waals surface area contributed by atoms with Gasteiger partial charge in [-0.15, -0.1) is 11.3 Å². The molecule has 1 aromatic carbocycles. The van der Waals surface area contributed by atoms with E-state index in [1.807, 2.05) is 65.0 Å². The van der Waals surface area contributed by atoms with E-state index in [4.69, 9.17) is 9.47 Å². The highest BCUT2D eigenvalue weighted by Gasteiger charge is 2.36. The van der Waals surface area contributed by atoms with Crippen LogP contribution in [0.3, 0.4) is 0 Å². The van der Waals surface area contributed by atoms with Gasteiger partial charge < -0.3 is 30.1 Å². The molecule has 14 heteroatoms. The van der Waals surface area contributed by atoms with E-state index in [1.54, 1.807) is 12.3 Å². The molecule has 6 unspecified atom stereocenters. The van der Waals surface area contributed by atoms with E-state index >= 15 is 0 Å².